The molecule has 0 saturated heterocycles. The van der Waals surface area contributed by atoms with Crippen LogP contribution in [0.15, 0.2) is 30.6 Å². The summed E-state index contributed by atoms with van der Waals surface area (Å²) in [5, 5.41) is 10.2. The van der Waals surface area contributed by atoms with E-state index in [1.54, 1.807) is 19.1 Å². The van der Waals surface area contributed by atoms with Gasteiger partial charge in [0, 0.05) is 12.0 Å². The third kappa shape index (κ3) is 2.80. The van der Waals surface area contributed by atoms with Crippen molar-refractivity contribution in [3.63, 3.8) is 0 Å². The van der Waals surface area contributed by atoms with Crippen LogP contribution in [-0.2, 0) is 0 Å². The van der Waals surface area contributed by atoms with E-state index in [4.69, 9.17) is 0 Å². The predicted molar refractivity (Wildman–Crippen MR) is 87.2 cm³/mol. The van der Waals surface area contributed by atoms with E-state index >= 15 is 0 Å². The summed E-state index contributed by atoms with van der Waals surface area (Å²) >= 11 is 1.29. The molecule has 24 heavy (non-hydrogen) atoms. The van der Waals surface area contributed by atoms with Gasteiger partial charge in [-0.15, -0.1) is 11.3 Å². The molecule has 2 atom stereocenters. The van der Waals surface area contributed by atoms with E-state index in [2.05, 4.69) is 25.5 Å². The smallest absolute Gasteiger partial charge is 0.263 e. The minimum Gasteiger partial charge on any atom is -0.348 e. The van der Waals surface area contributed by atoms with E-state index in [0.29, 0.717) is 21.4 Å². The SMILES string of the molecule is Cc1nc(-c2ncn[nH]2)sc1C(=O)NC1CC1c1ccc(F)cc1. The summed E-state index contributed by atoms with van der Waals surface area (Å²) in [5.41, 5.74) is 1.72. The van der Waals surface area contributed by atoms with Crippen LogP contribution in [-0.4, -0.2) is 32.1 Å². The lowest BCUT2D eigenvalue weighted by atomic mass is 10.1. The van der Waals surface area contributed by atoms with Crippen LogP contribution in [0.1, 0.15) is 33.3 Å². The minimum absolute atomic E-state index is 0.0817. The molecule has 1 aliphatic rings. The Balaban J connectivity index is 1.45. The first kappa shape index (κ1) is 14.9. The van der Waals surface area contributed by atoms with E-state index < -0.39 is 0 Å². The average molecular weight is 343 g/mol. The second-order valence-corrected chi connectivity index (χ2v) is 6.74. The average Bonchev–Trinajstić information content (AvgIpc) is 2.99. The number of hydrogen-bond acceptors (Lipinski definition) is 5. The number of rotatable bonds is 4. The van der Waals surface area contributed by atoms with E-state index in [-0.39, 0.29) is 23.7 Å². The Morgan fingerprint density at radius 1 is 1.38 bits per heavy atom. The van der Waals surface area contributed by atoms with Crippen LogP contribution in [0.2, 0.25) is 0 Å². The number of thiazole rings is 1. The van der Waals surface area contributed by atoms with Crippen LogP contribution < -0.4 is 5.32 Å². The van der Waals surface area contributed by atoms with Crippen LogP contribution in [0.5, 0.6) is 0 Å². The Bertz CT molecular complexity index is 875. The van der Waals surface area contributed by atoms with Gasteiger partial charge >= 0.3 is 0 Å². The molecule has 2 unspecified atom stereocenters. The fourth-order valence-electron chi connectivity index (χ4n) is 2.68. The molecule has 122 valence electrons. The van der Waals surface area contributed by atoms with Crippen molar-refractivity contribution in [2.45, 2.75) is 25.3 Å². The number of nitrogens with one attached hydrogen (secondary N) is 2. The molecule has 2 N–H and O–H groups in total. The van der Waals surface area contributed by atoms with Gasteiger partial charge in [-0.05, 0) is 31.0 Å². The van der Waals surface area contributed by atoms with Crippen LogP contribution in [0.3, 0.4) is 0 Å². The molecular weight excluding hydrogens is 329 g/mol. The molecule has 0 aliphatic heterocycles. The van der Waals surface area contributed by atoms with Gasteiger partial charge in [-0.1, -0.05) is 12.1 Å². The molecule has 4 rings (SSSR count). The van der Waals surface area contributed by atoms with Gasteiger partial charge in [0.25, 0.3) is 5.91 Å². The number of halogens is 1. The van der Waals surface area contributed by atoms with Crippen molar-refractivity contribution < 1.29 is 9.18 Å². The molecule has 6 nitrogen and oxygen atoms in total. The summed E-state index contributed by atoms with van der Waals surface area (Å²) in [5.74, 6) is 0.417. The molecule has 2 heterocycles. The highest BCUT2D eigenvalue weighted by Gasteiger charge is 2.40. The zero-order valence-electron chi connectivity index (χ0n) is 12.8. The van der Waals surface area contributed by atoms with Crippen molar-refractivity contribution in [3.8, 4) is 10.8 Å². The van der Waals surface area contributed by atoms with Gasteiger partial charge in [-0.25, -0.2) is 14.4 Å². The van der Waals surface area contributed by atoms with Crippen molar-refractivity contribution in [1.82, 2.24) is 25.5 Å². The number of aromatic amines is 1. The Morgan fingerprint density at radius 2 is 2.17 bits per heavy atom. The molecule has 0 radical (unpaired) electrons. The fraction of sp³-hybridized carbons (Fsp3) is 0.250. The topological polar surface area (TPSA) is 83.6 Å². The Hall–Kier alpha value is -2.61. The molecule has 1 fully saturated rings. The summed E-state index contributed by atoms with van der Waals surface area (Å²) in [4.78, 5) is 21.5. The summed E-state index contributed by atoms with van der Waals surface area (Å²) in [6.45, 7) is 1.80. The third-order valence-corrected chi connectivity index (χ3v) is 5.19. The first-order valence-electron chi connectivity index (χ1n) is 7.51. The van der Waals surface area contributed by atoms with Crippen molar-refractivity contribution >= 4 is 17.2 Å². The van der Waals surface area contributed by atoms with Crippen LogP contribution in [0.4, 0.5) is 4.39 Å². The fourth-order valence-corrected chi connectivity index (χ4v) is 3.60. The quantitative estimate of drug-likeness (QED) is 0.763. The lowest BCUT2D eigenvalue weighted by Gasteiger charge is -2.04. The van der Waals surface area contributed by atoms with Crippen molar-refractivity contribution in [2.24, 2.45) is 0 Å². The van der Waals surface area contributed by atoms with Crippen molar-refractivity contribution in [1.29, 1.82) is 0 Å². The lowest BCUT2D eigenvalue weighted by molar-refractivity contribution is 0.0953. The molecule has 0 bridgehead atoms. The van der Waals surface area contributed by atoms with Crippen molar-refractivity contribution in [2.75, 3.05) is 0 Å². The largest absolute Gasteiger partial charge is 0.348 e. The Morgan fingerprint density at radius 3 is 2.88 bits per heavy atom. The molecule has 1 aromatic carbocycles. The van der Waals surface area contributed by atoms with Gasteiger partial charge in [-0.2, -0.15) is 5.10 Å². The molecule has 1 aliphatic carbocycles. The van der Waals surface area contributed by atoms with Crippen LogP contribution in [0, 0.1) is 12.7 Å². The van der Waals surface area contributed by atoms with Gasteiger partial charge in [0.2, 0.25) is 0 Å². The van der Waals surface area contributed by atoms with Crippen molar-refractivity contribution in [3.05, 3.63) is 52.5 Å². The summed E-state index contributed by atoms with van der Waals surface area (Å²) in [6.07, 6.45) is 2.27. The molecule has 8 heteroatoms. The number of H-pyrrole nitrogens is 1. The minimum atomic E-state index is -0.250. The highest BCUT2D eigenvalue weighted by Crippen LogP contribution is 2.41. The molecule has 0 spiro atoms. The molecule has 1 amide bonds. The number of carbonyl (C=O) groups is 1. The number of amides is 1. The number of aromatic nitrogens is 4. The van der Waals surface area contributed by atoms with E-state index in [1.165, 1.54) is 29.8 Å². The first-order chi connectivity index (χ1) is 11.6. The molecule has 3 aromatic rings. The molecular formula is C16H14FN5OS. The Labute approximate surface area is 141 Å². The predicted octanol–water partition coefficient (Wildman–Crippen LogP) is 2.66. The zero-order valence-corrected chi connectivity index (χ0v) is 13.6. The van der Waals surface area contributed by atoms with E-state index in [1.807, 2.05) is 0 Å². The summed E-state index contributed by atoms with van der Waals surface area (Å²) in [6, 6.07) is 6.52. The van der Waals surface area contributed by atoms with Gasteiger partial charge in [0.1, 0.15) is 17.0 Å². The summed E-state index contributed by atoms with van der Waals surface area (Å²) < 4.78 is 13.0. The van der Waals surface area contributed by atoms with Gasteiger partial charge in [-0.3, -0.25) is 9.89 Å². The van der Waals surface area contributed by atoms with Crippen LogP contribution >= 0.6 is 11.3 Å². The number of benzene rings is 1. The standard InChI is InChI=1S/C16H14FN5OS/c1-8-13(24-16(20-8)14-18-7-19-22-14)15(23)21-12-6-11(12)9-2-4-10(17)5-3-9/h2-5,7,11-12H,6H2,1H3,(H,21,23)(H,18,19,22). The molecule has 1 saturated carbocycles. The lowest BCUT2D eigenvalue weighted by Crippen LogP contribution is -2.26. The second kappa shape index (κ2) is 5.79. The summed E-state index contributed by atoms with van der Waals surface area (Å²) in [7, 11) is 0. The normalized spacial score (nSPS) is 19.2. The maximum atomic E-state index is 13.0. The maximum Gasteiger partial charge on any atom is 0.263 e. The van der Waals surface area contributed by atoms with Gasteiger partial charge in [0.15, 0.2) is 10.8 Å². The number of nitrogens with zero attached hydrogens (tertiary/aromatic N) is 3. The van der Waals surface area contributed by atoms with E-state index in [0.717, 1.165) is 12.0 Å². The first-order valence-corrected chi connectivity index (χ1v) is 8.33. The third-order valence-electron chi connectivity index (χ3n) is 4.03. The highest BCUT2D eigenvalue weighted by molar-refractivity contribution is 7.17. The number of hydrogen-bond donors (Lipinski definition) is 2. The monoisotopic (exact) mass is 343 g/mol. The number of aryl methyl sites for hydroxylation is 1. The second-order valence-electron chi connectivity index (χ2n) is 5.74. The van der Waals surface area contributed by atoms with Crippen LogP contribution in [0.25, 0.3) is 10.8 Å². The van der Waals surface area contributed by atoms with Gasteiger partial charge in [0.05, 0.1) is 5.69 Å². The van der Waals surface area contributed by atoms with E-state index in [9.17, 15) is 9.18 Å². The maximum absolute atomic E-state index is 13.0. The van der Waals surface area contributed by atoms with Gasteiger partial charge < -0.3 is 5.32 Å². The number of carbonyl (C=O) groups excluding carboxylic acids is 1. The Kier molecular flexibility index (Phi) is 3.61. The highest BCUT2D eigenvalue weighted by atomic mass is 32.1. The zero-order chi connectivity index (χ0) is 16.7. The molecule has 2 aromatic heterocycles.